The number of carbonyl (C=O) groups excluding carboxylic acids is 3. The molecule has 0 radical (unpaired) electrons. The van der Waals surface area contributed by atoms with E-state index in [-0.39, 0.29) is 42.0 Å². The molecule has 1 aromatic heterocycles. The SMILES string of the molecule is N#Cc1ccc(O[C@H]2CC[C@H](NC(=O)c3ccc(N4C[C@H]5C[C@@H](CN6CC7CN(c8cc9c(cc8F)C(=O)N(C8CCC(O)NC8O)C9=O)CC7C6)C[C@H]5C4)nn3)CC2)cc1Cl. The summed E-state index contributed by atoms with van der Waals surface area (Å²) in [6.07, 6.45) is 3.85. The quantitative estimate of drug-likeness (QED) is 0.228. The third-order valence-electron chi connectivity index (χ3n) is 14.6. The van der Waals surface area contributed by atoms with Crippen molar-refractivity contribution in [3.63, 3.8) is 0 Å². The van der Waals surface area contributed by atoms with Crippen LogP contribution < -0.4 is 25.2 Å². The van der Waals surface area contributed by atoms with Crippen LogP contribution in [0.15, 0.2) is 42.5 Å². The minimum Gasteiger partial charge on any atom is -0.490 e. The molecule has 3 amide bonds. The Balaban J connectivity index is 0.661. The molecular weight excluding hydrogens is 817 g/mol. The third kappa shape index (κ3) is 7.87. The summed E-state index contributed by atoms with van der Waals surface area (Å²) in [5.74, 6) is 2.13. The average Bonchev–Trinajstić information content (AvgIpc) is 4.06. The first kappa shape index (κ1) is 41.1. The van der Waals surface area contributed by atoms with E-state index < -0.39 is 36.1 Å². The van der Waals surface area contributed by atoms with E-state index in [2.05, 4.69) is 36.7 Å². The van der Waals surface area contributed by atoms with Gasteiger partial charge in [-0.1, -0.05) is 11.6 Å². The molecule has 0 spiro atoms. The zero-order valence-corrected chi connectivity index (χ0v) is 35.1. The minimum absolute atomic E-state index is 0.0158. The van der Waals surface area contributed by atoms with Gasteiger partial charge in [0.15, 0.2) is 11.5 Å². The maximum Gasteiger partial charge on any atom is 0.272 e. The lowest BCUT2D eigenvalue weighted by Crippen LogP contribution is -2.58. The van der Waals surface area contributed by atoms with E-state index in [9.17, 15) is 24.6 Å². The zero-order chi connectivity index (χ0) is 42.8. The summed E-state index contributed by atoms with van der Waals surface area (Å²) in [6.45, 7) is 6.21. The fraction of sp³-hybridized carbons (Fsp3) is 0.556. The highest BCUT2D eigenvalue weighted by Gasteiger charge is 2.48. The Bertz CT molecular complexity index is 2260. The Hall–Kier alpha value is -4.92. The molecule has 3 aromatic rings. The van der Waals surface area contributed by atoms with Gasteiger partial charge in [-0.25, -0.2) is 4.39 Å². The number of fused-ring (bicyclic) bond motifs is 3. The standard InChI is InChI=1S/C45H51ClFN9O6/c46-35-13-32(4-1-25(35)16-48)62-31-5-2-30(3-6-31)49-42(58)37-7-9-40(52-51-37)55-20-26-11-24(12-27(26)21-55)17-53-18-28-22-54(23-29(28)19-53)39-15-34-33(14-36(39)47)44(60)56(45(34)61)38-8-10-41(57)50-43(38)59/h1,4,7,9,13-15,24,26-31,38,41,43,50,57,59H,2-3,5-6,8,10-12,17-23H2,(H,49,58)/t24-,26-,27+,28?,29?,30-,31-,38?,41?,43?. The van der Waals surface area contributed by atoms with Gasteiger partial charge in [-0.05, 0) is 117 Å². The van der Waals surface area contributed by atoms with Crippen LogP contribution in [0.1, 0.15) is 88.1 Å². The first-order valence-corrected chi connectivity index (χ1v) is 22.4. The number of aliphatic hydroxyl groups is 2. The van der Waals surface area contributed by atoms with Gasteiger partial charge in [0.25, 0.3) is 17.7 Å². The molecule has 17 heteroatoms. The maximum absolute atomic E-state index is 15.6. The van der Waals surface area contributed by atoms with Crippen LogP contribution in [0.5, 0.6) is 5.75 Å². The molecule has 62 heavy (non-hydrogen) atoms. The van der Waals surface area contributed by atoms with E-state index in [1.165, 1.54) is 25.0 Å². The molecule has 6 heterocycles. The molecule has 6 fully saturated rings. The number of carbonyl (C=O) groups is 3. The number of hydrogen-bond acceptors (Lipinski definition) is 13. The van der Waals surface area contributed by atoms with Crippen molar-refractivity contribution in [2.24, 2.45) is 29.6 Å². The number of imide groups is 1. The Morgan fingerprint density at radius 2 is 1.56 bits per heavy atom. The van der Waals surface area contributed by atoms with Crippen LogP contribution in [0.4, 0.5) is 15.9 Å². The number of benzene rings is 2. The number of piperidine rings is 1. The van der Waals surface area contributed by atoms with Crippen molar-refractivity contribution in [3.05, 3.63) is 75.7 Å². The van der Waals surface area contributed by atoms with Crippen LogP contribution in [0, 0.1) is 46.7 Å². The van der Waals surface area contributed by atoms with Crippen LogP contribution >= 0.6 is 11.6 Å². The molecule has 326 valence electrons. The molecule has 5 unspecified atom stereocenters. The number of nitrogens with one attached hydrogen (secondary N) is 2. The lowest BCUT2D eigenvalue weighted by atomic mass is 9.93. The molecule has 4 saturated heterocycles. The van der Waals surface area contributed by atoms with E-state index in [1.807, 2.05) is 11.0 Å². The van der Waals surface area contributed by atoms with Gasteiger partial charge in [-0.15, -0.1) is 10.2 Å². The van der Waals surface area contributed by atoms with Crippen LogP contribution in [-0.2, 0) is 0 Å². The second-order valence-corrected chi connectivity index (χ2v) is 19.0. The normalized spacial score (nSPS) is 31.9. The first-order valence-electron chi connectivity index (χ1n) is 22.0. The van der Waals surface area contributed by atoms with E-state index in [0.29, 0.717) is 70.4 Å². The number of hydrogen-bond donors (Lipinski definition) is 4. The third-order valence-corrected chi connectivity index (χ3v) is 14.9. The molecule has 2 aromatic carbocycles. The van der Waals surface area contributed by atoms with Gasteiger partial charge < -0.3 is 35.0 Å². The van der Waals surface area contributed by atoms with Crippen molar-refractivity contribution in [1.29, 1.82) is 5.26 Å². The number of rotatable bonds is 9. The van der Waals surface area contributed by atoms with Crippen molar-refractivity contribution >= 4 is 40.8 Å². The molecule has 7 aliphatic rings. The maximum atomic E-state index is 15.6. The molecule has 2 saturated carbocycles. The second kappa shape index (κ2) is 16.7. The molecule has 5 aliphatic heterocycles. The average molecular weight is 868 g/mol. The summed E-state index contributed by atoms with van der Waals surface area (Å²) in [4.78, 5) is 47.7. The summed E-state index contributed by atoms with van der Waals surface area (Å²) in [5.41, 5.74) is 1.24. The molecule has 10 rings (SSSR count). The zero-order valence-electron chi connectivity index (χ0n) is 34.3. The van der Waals surface area contributed by atoms with E-state index in [4.69, 9.17) is 21.6 Å². The van der Waals surface area contributed by atoms with Crippen molar-refractivity contribution in [1.82, 2.24) is 30.6 Å². The Morgan fingerprint density at radius 1 is 0.871 bits per heavy atom. The molecule has 4 N–H and O–H groups in total. The number of nitrogens with zero attached hydrogens (tertiary/aromatic N) is 7. The van der Waals surface area contributed by atoms with Crippen molar-refractivity contribution in [2.75, 3.05) is 55.6 Å². The van der Waals surface area contributed by atoms with Crippen molar-refractivity contribution in [2.45, 2.75) is 82.0 Å². The fourth-order valence-corrected chi connectivity index (χ4v) is 11.8. The number of nitriles is 1. The van der Waals surface area contributed by atoms with Crippen LogP contribution in [0.2, 0.25) is 5.02 Å². The summed E-state index contributed by atoms with van der Waals surface area (Å²) in [6, 6.07) is 12.7. The van der Waals surface area contributed by atoms with Crippen LogP contribution in [0.3, 0.4) is 0 Å². The summed E-state index contributed by atoms with van der Waals surface area (Å²) >= 11 is 6.16. The van der Waals surface area contributed by atoms with E-state index in [1.54, 1.807) is 24.3 Å². The Morgan fingerprint density at radius 3 is 2.21 bits per heavy atom. The van der Waals surface area contributed by atoms with E-state index in [0.717, 1.165) is 69.1 Å². The van der Waals surface area contributed by atoms with Gasteiger partial charge in [0.2, 0.25) is 0 Å². The van der Waals surface area contributed by atoms with Gasteiger partial charge in [0.1, 0.15) is 30.1 Å². The van der Waals surface area contributed by atoms with Crippen molar-refractivity contribution < 1.29 is 33.7 Å². The van der Waals surface area contributed by atoms with Gasteiger partial charge >= 0.3 is 0 Å². The topological polar surface area (TPSA) is 187 Å². The number of ether oxygens (including phenoxy) is 1. The Kier molecular flexibility index (Phi) is 11.0. The van der Waals surface area contributed by atoms with Gasteiger partial charge in [-0.2, -0.15) is 5.26 Å². The van der Waals surface area contributed by atoms with E-state index >= 15 is 4.39 Å². The number of aliphatic hydroxyl groups excluding tert-OH is 2. The first-order chi connectivity index (χ1) is 30.0. The molecule has 2 aliphatic carbocycles. The molecule has 8 atom stereocenters. The van der Waals surface area contributed by atoms with Gasteiger partial charge in [-0.3, -0.25) is 24.6 Å². The highest BCUT2D eigenvalue weighted by Crippen LogP contribution is 2.44. The monoisotopic (exact) mass is 867 g/mol. The highest BCUT2D eigenvalue weighted by atomic mass is 35.5. The van der Waals surface area contributed by atoms with Gasteiger partial charge in [0, 0.05) is 57.9 Å². The van der Waals surface area contributed by atoms with Gasteiger partial charge in [0.05, 0.1) is 39.5 Å². The smallest absolute Gasteiger partial charge is 0.272 e. The summed E-state index contributed by atoms with van der Waals surface area (Å²) in [5, 5.41) is 44.3. The Labute approximate surface area is 364 Å². The number of likely N-dealkylation sites (tertiary alicyclic amines) is 1. The predicted octanol–water partition coefficient (Wildman–Crippen LogP) is 3.78. The lowest BCUT2D eigenvalue weighted by Gasteiger charge is -2.36. The van der Waals surface area contributed by atoms with Crippen LogP contribution in [-0.4, -0.2) is 124 Å². The number of halogens is 2. The number of amides is 3. The second-order valence-electron chi connectivity index (χ2n) is 18.6. The molecule has 0 bridgehead atoms. The number of anilines is 2. The fourth-order valence-electron chi connectivity index (χ4n) is 11.6. The van der Waals surface area contributed by atoms with Crippen molar-refractivity contribution in [3.8, 4) is 11.8 Å². The van der Waals surface area contributed by atoms with Crippen LogP contribution in [0.25, 0.3) is 0 Å². The summed E-state index contributed by atoms with van der Waals surface area (Å²) in [7, 11) is 0. The lowest BCUT2D eigenvalue weighted by molar-refractivity contribution is -0.0413. The minimum atomic E-state index is -1.26. The largest absolute Gasteiger partial charge is 0.490 e. The number of aromatic nitrogens is 2. The predicted molar refractivity (Wildman–Crippen MR) is 225 cm³/mol. The highest BCUT2D eigenvalue weighted by molar-refractivity contribution is 6.31. The molecule has 15 nitrogen and oxygen atoms in total. The molecular formula is C45H51ClFN9O6. The summed E-state index contributed by atoms with van der Waals surface area (Å²) < 4.78 is 21.7.